The highest BCUT2D eigenvalue weighted by Gasteiger charge is 2.23. The standard InChI is InChI=1S/C8H10ClFN2O2S/c1-2-15(13,14)8-5(11)3-4(10)7(12)6(8)9/h3H,2,11-12H2,1H3. The average Bonchev–Trinajstić information content (AvgIpc) is 2.14. The quantitative estimate of drug-likeness (QED) is 0.616. The molecule has 1 aromatic carbocycles. The third-order valence-electron chi connectivity index (χ3n) is 1.93. The van der Waals surface area contributed by atoms with Gasteiger partial charge < -0.3 is 11.5 Å². The maximum absolute atomic E-state index is 13.0. The number of hydrogen-bond donors (Lipinski definition) is 2. The summed E-state index contributed by atoms with van der Waals surface area (Å²) in [6, 6.07) is 0.851. The molecule has 4 N–H and O–H groups in total. The van der Waals surface area contributed by atoms with Crippen LogP contribution in [0.5, 0.6) is 0 Å². The van der Waals surface area contributed by atoms with E-state index in [2.05, 4.69) is 0 Å². The molecule has 0 atom stereocenters. The lowest BCUT2D eigenvalue weighted by atomic mass is 10.3. The lowest BCUT2D eigenvalue weighted by molar-refractivity contribution is 0.597. The molecule has 1 rings (SSSR count). The van der Waals surface area contributed by atoms with E-state index in [0.29, 0.717) is 0 Å². The van der Waals surface area contributed by atoms with Gasteiger partial charge >= 0.3 is 0 Å². The van der Waals surface area contributed by atoms with Crippen LogP contribution in [0.25, 0.3) is 0 Å². The molecular weight excluding hydrogens is 243 g/mol. The number of hydrogen-bond acceptors (Lipinski definition) is 4. The fourth-order valence-electron chi connectivity index (χ4n) is 1.09. The molecule has 0 unspecified atom stereocenters. The van der Waals surface area contributed by atoms with E-state index in [1.165, 1.54) is 6.92 Å². The van der Waals surface area contributed by atoms with Gasteiger partial charge in [0.05, 0.1) is 22.2 Å². The van der Waals surface area contributed by atoms with Gasteiger partial charge in [-0.3, -0.25) is 0 Å². The molecule has 4 nitrogen and oxygen atoms in total. The van der Waals surface area contributed by atoms with Gasteiger partial charge in [-0.2, -0.15) is 0 Å². The van der Waals surface area contributed by atoms with Crippen LogP contribution >= 0.6 is 11.6 Å². The molecule has 15 heavy (non-hydrogen) atoms. The monoisotopic (exact) mass is 252 g/mol. The molecule has 0 bridgehead atoms. The summed E-state index contributed by atoms with van der Waals surface area (Å²) in [7, 11) is -3.60. The van der Waals surface area contributed by atoms with Gasteiger partial charge in [0.2, 0.25) is 0 Å². The van der Waals surface area contributed by atoms with Crippen molar-refractivity contribution in [1.29, 1.82) is 0 Å². The van der Waals surface area contributed by atoms with Gasteiger partial charge in [-0.25, -0.2) is 12.8 Å². The van der Waals surface area contributed by atoms with Crippen LogP contribution in [0, 0.1) is 5.82 Å². The molecule has 0 saturated heterocycles. The molecule has 0 heterocycles. The summed E-state index contributed by atoms with van der Waals surface area (Å²) >= 11 is 5.64. The van der Waals surface area contributed by atoms with E-state index in [1.54, 1.807) is 0 Å². The van der Waals surface area contributed by atoms with Crippen LogP contribution in [0.4, 0.5) is 15.8 Å². The van der Waals surface area contributed by atoms with Crippen molar-refractivity contribution in [3.8, 4) is 0 Å². The Balaban J connectivity index is 3.65. The normalized spacial score (nSPS) is 11.7. The lowest BCUT2D eigenvalue weighted by Gasteiger charge is -2.10. The van der Waals surface area contributed by atoms with Crippen molar-refractivity contribution in [2.45, 2.75) is 11.8 Å². The van der Waals surface area contributed by atoms with Crippen LogP contribution in [0.15, 0.2) is 11.0 Å². The smallest absolute Gasteiger partial charge is 0.181 e. The SMILES string of the molecule is CCS(=O)(=O)c1c(N)cc(F)c(N)c1Cl. The van der Waals surface area contributed by atoms with Crippen molar-refractivity contribution in [2.24, 2.45) is 0 Å². The first-order chi connectivity index (χ1) is 6.81. The van der Waals surface area contributed by atoms with Gasteiger partial charge in [0.15, 0.2) is 9.84 Å². The number of rotatable bonds is 2. The van der Waals surface area contributed by atoms with Gasteiger partial charge in [-0.1, -0.05) is 18.5 Å². The Morgan fingerprint density at radius 3 is 2.47 bits per heavy atom. The van der Waals surface area contributed by atoms with E-state index in [1.807, 2.05) is 0 Å². The first-order valence-electron chi connectivity index (χ1n) is 4.07. The summed E-state index contributed by atoms with van der Waals surface area (Å²) in [4.78, 5) is -0.300. The molecule has 84 valence electrons. The van der Waals surface area contributed by atoms with Crippen LogP contribution in [-0.2, 0) is 9.84 Å². The van der Waals surface area contributed by atoms with Gasteiger partial charge in [0.1, 0.15) is 10.7 Å². The van der Waals surface area contributed by atoms with E-state index >= 15 is 0 Å². The predicted octanol–water partition coefficient (Wildman–Crippen LogP) is 1.44. The maximum Gasteiger partial charge on any atom is 0.181 e. The van der Waals surface area contributed by atoms with Gasteiger partial charge in [-0.05, 0) is 0 Å². The largest absolute Gasteiger partial charge is 0.398 e. The third kappa shape index (κ3) is 2.00. The minimum Gasteiger partial charge on any atom is -0.398 e. The van der Waals surface area contributed by atoms with Crippen molar-refractivity contribution in [3.63, 3.8) is 0 Å². The Kier molecular flexibility index (Phi) is 3.11. The summed E-state index contributed by atoms with van der Waals surface area (Å²) in [5, 5.41) is -0.352. The Hall–Kier alpha value is -1.01. The van der Waals surface area contributed by atoms with Gasteiger partial charge in [0, 0.05) is 6.07 Å². The summed E-state index contributed by atoms with van der Waals surface area (Å²) < 4.78 is 36.2. The van der Waals surface area contributed by atoms with E-state index in [0.717, 1.165) is 6.07 Å². The number of anilines is 2. The number of sulfone groups is 1. The van der Waals surface area contributed by atoms with Crippen molar-refractivity contribution in [1.82, 2.24) is 0 Å². The van der Waals surface area contributed by atoms with Crippen molar-refractivity contribution < 1.29 is 12.8 Å². The summed E-state index contributed by atoms with van der Waals surface area (Å²) in [6.07, 6.45) is 0. The first-order valence-corrected chi connectivity index (χ1v) is 6.10. The first kappa shape index (κ1) is 12.1. The molecule has 0 aliphatic rings. The minimum absolute atomic E-state index is 0.179. The van der Waals surface area contributed by atoms with E-state index in [9.17, 15) is 12.8 Å². The molecule has 0 radical (unpaired) electrons. The Morgan fingerprint density at radius 1 is 1.47 bits per heavy atom. The zero-order valence-corrected chi connectivity index (χ0v) is 9.49. The molecule has 0 spiro atoms. The second-order valence-electron chi connectivity index (χ2n) is 2.91. The zero-order valence-electron chi connectivity index (χ0n) is 7.92. The average molecular weight is 253 g/mol. The van der Waals surface area contributed by atoms with E-state index in [-0.39, 0.29) is 21.4 Å². The lowest BCUT2D eigenvalue weighted by Crippen LogP contribution is -2.10. The van der Waals surface area contributed by atoms with E-state index in [4.69, 9.17) is 23.1 Å². The molecule has 0 aliphatic heterocycles. The zero-order chi connectivity index (χ0) is 11.8. The Labute approximate surface area is 91.9 Å². The molecule has 1 aromatic rings. The van der Waals surface area contributed by atoms with Crippen LogP contribution in [0.2, 0.25) is 5.02 Å². The van der Waals surface area contributed by atoms with Crippen molar-refractivity contribution in [2.75, 3.05) is 17.2 Å². The second kappa shape index (κ2) is 3.86. The summed E-state index contributed by atoms with van der Waals surface area (Å²) in [6.45, 7) is 1.44. The number of nitrogens with two attached hydrogens (primary N) is 2. The second-order valence-corrected chi connectivity index (χ2v) is 5.50. The summed E-state index contributed by atoms with van der Waals surface area (Å²) in [5.74, 6) is -1.00. The van der Waals surface area contributed by atoms with Crippen LogP contribution < -0.4 is 11.5 Å². The molecular formula is C8H10ClFN2O2S. The highest BCUT2D eigenvalue weighted by Crippen LogP contribution is 2.34. The Bertz CT molecular complexity index is 502. The predicted molar refractivity (Wildman–Crippen MR) is 58.0 cm³/mol. The summed E-state index contributed by atoms with van der Waals surface area (Å²) in [5.41, 5.74) is 10.0. The molecule has 0 fully saturated rings. The van der Waals surface area contributed by atoms with Gasteiger partial charge in [-0.15, -0.1) is 0 Å². The van der Waals surface area contributed by atoms with Gasteiger partial charge in [0.25, 0.3) is 0 Å². The molecule has 0 aromatic heterocycles. The molecule has 0 aliphatic carbocycles. The topological polar surface area (TPSA) is 86.2 Å². The highest BCUT2D eigenvalue weighted by molar-refractivity contribution is 7.91. The van der Waals surface area contributed by atoms with Crippen LogP contribution in [0.1, 0.15) is 6.92 Å². The fraction of sp³-hybridized carbons (Fsp3) is 0.250. The minimum atomic E-state index is -3.60. The van der Waals surface area contributed by atoms with E-state index < -0.39 is 21.3 Å². The van der Waals surface area contributed by atoms with Crippen molar-refractivity contribution >= 4 is 32.8 Å². The molecule has 7 heteroatoms. The van der Waals surface area contributed by atoms with Crippen LogP contribution in [0.3, 0.4) is 0 Å². The fourth-order valence-corrected chi connectivity index (χ4v) is 2.74. The maximum atomic E-state index is 13.0. The Morgan fingerprint density at radius 2 is 2.00 bits per heavy atom. The number of nitrogen functional groups attached to an aromatic ring is 2. The van der Waals surface area contributed by atoms with Crippen molar-refractivity contribution in [3.05, 3.63) is 16.9 Å². The molecule has 0 saturated carbocycles. The third-order valence-corrected chi connectivity index (χ3v) is 4.26. The number of halogens is 2. The number of benzene rings is 1. The molecule has 0 amide bonds. The highest BCUT2D eigenvalue weighted by atomic mass is 35.5. The van der Waals surface area contributed by atoms with Crippen LogP contribution in [-0.4, -0.2) is 14.2 Å².